The van der Waals surface area contributed by atoms with Gasteiger partial charge in [0.05, 0.1) is 23.4 Å². The number of hydrogen-bond acceptors (Lipinski definition) is 4. The molecule has 0 N–H and O–H groups in total. The molecule has 142 valence electrons. The fourth-order valence-electron chi connectivity index (χ4n) is 3.39. The zero-order valence-corrected chi connectivity index (χ0v) is 18.8. The maximum atomic E-state index is 6.55. The van der Waals surface area contributed by atoms with Crippen molar-refractivity contribution < 1.29 is 4.43 Å². The van der Waals surface area contributed by atoms with E-state index in [1.54, 1.807) is 11.3 Å². The first kappa shape index (κ1) is 19.6. The molecule has 0 bridgehead atoms. The van der Waals surface area contributed by atoms with E-state index in [0.29, 0.717) is 6.04 Å². The number of rotatable bonds is 5. The van der Waals surface area contributed by atoms with Crippen molar-refractivity contribution in [2.24, 2.45) is 0 Å². The number of nitrogens with zero attached hydrogens (tertiary/aromatic N) is 2. The summed E-state index contributed by atoms with van der Waals surface area (Å²) >= 11 is 1.69. The normalized spacial score (nSPS) is 19.8. The molecule has 1 aliphatic heterocycles. The highest BCUT2D eigenvalue weighted by Crippen LogP contribution is 2.40. The van der Waals surface area contributed by atoms with Gasteiger partial charge in [0.25, 0.3) is 0 Å². The molecule has 0 unspecified atom stereocenters. The first-order valence-electron chi connectivity index (χ1n) is 9.61. The molecule has 1 aromatic heterocycles. The zero-order valence-electron chi connectivity index (χ0n) is 17.0. The van der Waals surface area contributed by atoms with E-state index < -0.39 is 8.32 Å². The van der Waals surface area contributed by atoms with Crippen LogP contribution in [0.25, 0.3) is 0 Å². The smallest absolute Gasteiger partial charge is 0.192 e. The van der Waals surface area contributed by atoms with Gasteiger partial charge in [-0.2, -0.15) is 0 Å². The Morgan fingerprint density at radius 2 is 1.92 bits per heavy atom. The van der Waals surface area contributed by atoms with Crippen LogP contribution in [0.5, 0.6) is 0 Å². The van der Waals surface area contributed by atoms with Crippen LogP contribution in [0.4, 0.5) is 5.69 Å². The van der Waals surface area contributed by atoms with Gasteiger partial charge in [-0.3, -0.25) is 0 Å². The number of thiazole rings is 1. The average Bonchev–Trinajstić information content (AvgIpc) is 3.24. The van der Waals surface area contributed by atoms with Crippen LogP contribution < -0.4 is 4.90 Å². The summed E-state index contributed by atoms with van der Waals surface area (Å²) in [7, 11) is -1.75. The van der Waals surface area contributed by atoms with Gasteiger partial charge in [0.1, 0.15) is 0 Å². The second kappa shape index (κ2) is 7.45. The second-order valence-corrected chi connectivity index (χ2v) is 14.4. The first-order valence-corrected chi connectivity index (χ1v) is 13.5. The summed E-state index contributed by atoms with van der Waals surface area (Å²) in [6.45, 7) is 14.8. The lowest BCUT2D eigenvalue weighted by Crippen LogP contribution is -2.41. The van der Waals surface area contributed by atoms with Gasteiger partial charge < -0.3 is 9.33 Å². The Kier molecular flexibility index (Phi) is 5.61. The van der Waals surface area contributed by atoms with Crippen LogP contribution >= 0.6 is 11.3 Å². The Bertz CT molecular complexity index is 707. The summed E-state index contributed by atoms with van der Waals surface area (Å²) in [6.07, 6.45) is 2.56. The fourth-order valence-corrected chi connectivity index (χ4v) is 5.37. The fraction of sp³-hybridized carbons (Fsp3) is 0.571. The summed E-state index contributed by atoms with van der Waals surface area (Å²) in [4.78, 5) is 7.04. The summed E-state index contributed by atoms with van der Waals surface area (Å²) in [5, 5.41) is 2.42. The molecule has 2 heterocycles. The summed E-state index contributed by atoms with van der Waals surface area (Å²) < 4.78 is 6.55. The van der Waals surface area contributed by atoms with Crippen molar-refractivity contribution in [2.75, 3.05) is 11.4 Å². The van der Waals surface area contributed by atoms with E-state index in [1.807, 2.05) is 5.51 Å². The standard InChI is InChI=1S/C21H32N2OSSi/c1-16(24-26(5,6)21(2,3)4)17-9-11-18(12-10-17)23-13-7-8-20(23)19-14-25-15-22-19/h9-12,14-16,20H,7-8,13H2,1-6H3/t16-,20-/m1/s1. The third-order valence-electron chi connectivity index (χ3n) is 6.02. The lowest BCUT2D eigenvalue weighted by atomic mass is 10.1. The van der Waals surface area contributed by atoms with Crippen LogP contribution in [0.2, 0.25) is 18.1 Å². The van der Waals surface area contributed by atoms with Crippen LogP contribution in [0.3, 0.4) is 0 Å². The molecule has 2 atom stereocenters. The molecule has 0 radical (unpaired) electrons. The molecule has 1 saturated heterocycles. The molecule has 1 fully saturated rings. The summed E-state index contributed by atoms with van der Waals surface area (Å²) in [6, 6.07) is 9.41. The van der Waals surface area contributed by atoms with Gasteiger partial charge >= 0.3 is 0 Å². The highest BCUT2D eigenvalue weighted by atomic mass is 32.1. The molecular weight excluding hydrogens is 356 g/mol. The minimum absolute atomic E-state index is 0.137. The molecule has 0 spiro atoms. The third kappa shape index (κ3) is 4.05. The van der Waals surface area contributed by atoms with Gasteiger partial charge in [-0.25, -0.2) is 4.98 Å². The lowest BCUT2D eigenvalue weighted by molar-refractivity contribution is 0.203. The average molecular weight is 389 g/mol. The Hall–Kier alpha value is -1.17. The summed E-state index contributed by atoms with van der Waals surface area (Å²) in [5.74, 6) is 0. The van der Waals surface area contributed by atoms with Gasteiger partial charge in [0.2, 0.25) is 0 Å². The van der Waals surface area contributed by atoms with Gasteiger partial charge in [0.15, 0.2) is 8.32 Å². The molecule has 0 aliphatic carbocycles. The number of anilines is 1. The Labute approximate surface area is 163 Å². The molecular formula is C21H32N2OSSi. The largest absolute Gasteiger partial charge is 0.410 e. The first-order chi connectivity index (χ1) is 12.2. The molecule has 0 saturated carbocycles. The molecule has 5 heteroatoms. The quantitative estimate of drug-likeness (QED) is 0.542. The van der Waals surface area contributed by atoms with Gasteiger partial charge in [-0.1, -0.05) is 32.9 Å². The Morgan fingerprint density at radius 1 is 1.23 bits per heavy atom. The van der Waals surface area contributed by atoms with Gasteiger partial charge in [-0.15, -0.1) is 11.3 Å². The van der Waals surface area contributed by atoms with Crippen molar-refractivity contribution in [2.45, 2.75) is 70.8 Å². The van der Waals surface area contributed by atoms with Crippen molar-refractivity contribution in [3.05, 3.63) is 46.4 Å². The second-order valence-electron chi connectivity index (χ2n) is 8.88. The number of benzene rings is 1. The highest BCUT2D eigenvalue weighted by Gasteiger charge is 2.38. The predicted octanol–water partition coefficient (Wildman–Crippen LogP) is 6.57. The number of hydrogen-bond donors (Lipinski definition) is 0. The van der Waals surface area contributed by atoms with Crippen molar-refractivity contribution in [3.63, 3.8) is 0 Å². The molecule has 2 aromatic rings. The van der Waals surface area contributed by atoms with E-state index in [4.69, 9.17) is 4.43 Å². The maximum Gasteiger partial charge on any atom is 0.192 e. The minimum atomic E-state index is -1.75. The van der Waals surface area contributed by atoms with Crippen molar-refractivity contribution in [1.29, 1.82) is 0 Å². The van der Waals surface area contributed by atoms with Crippen LogP contribution in [-0.4, -0.2) is 19.8 Å². The van der Waals surface area contributed by atoms with E-state index in [0.717, 1.165) is 6.54 Å². The van der Waals surface area contributed by atoms with Crippen molar-refractivity contribution >= 4 is 25.3 Å². The SMILES string of the molecule is C[C@@H](O[Si](C)(C)C(C)(C)C)c1ccc(N2CCC[C@@H]2c2cscn2)cc1. The van der Waals surface area contributed by atoms with Crippen molar-refractivity contribution in [3.8, 4) is 0 Å². The molecule has 26 heavy (non-hydrogen) atoms. The van der Waals surface area contributed by atoms with Crippen LogP contribution in [0.15, 0.2) is 35.2 Å². The van der Waals surface area contributed by atoms with Crippen LogP contribution in [-0.2, 0) is 4.43 Å². The molecule has 3 rings (SSSR count). The predicted molar refractivity (Wildman–Crippen MR) is 115 cm³/mol. The Balaban J connectivity index is 1.72. The van der Waals surface area contributed by atoms with Crippen molar-refractivity contribution in [1.82, 2.24) is 4.98 Å². The summed E-state index contributed by atoms with van der Waals surface area (Å²) in [5.41, 5.74) is 5.72. The van der Waals surface area contributed by atoms with Crippen LogP contribution in [0.1, 0.15) is 63.9 Å². The van der Waals surface area contributed by atoms with E-state index in [-0.39, 0.29) is 11.1 Å². The monoisotopic (exact) mass is 388 g/mol. The van der Waals surface area contributed by atoms with E-state index in [1.165, 1.54) is 29.8 Å². The molecule has 1 aliphatic rings. The molecule has 3 nitrogen and oxygen atoms in total. The third-order valence-corrected chi connectivity index (χ3v) is 11.2. The van der Waals surface area contributed by atoms with Crippen LogP contribution in [0, 0.1) is 0 Å². The maximum absolute atomic E-state index is 6.55. The topological polar surface area (TPSA) is 25.4 Å². The van der Waals surface area contributed by atoms with Gasteiger partial charge in [-0.05, 0) is 55.6 Å². The van der Waals surface area contributed by atoms with E-state index in [9.17, 15) is 0 Å². The van der Waals surface area contributed by atoms with E-state index in [2.05, 4.69) is 80.3 Å². The minimum Gasteiger partial charge on any atom is -0.410 e. The van der Waals surface area contributed by atoms with Gasteiger partial charge in [0, 0.05) is 17.6 Å². The zero-order chi connectivity index (χ0) is 18.9. The Morgan fingerprint density at radius 3 is 2.50 bits per heavy atom. The highest BCUT2D eigenvalue weighted by molar-refractivity contribution is 7.07. The number of aromatic nitrogens is 1. The van der Waals surface area contributed by atoms with E-state index >= 15 is 0 Å². The molecule has 1 aromatic carbocycles. The lowest BCUT2D eigenvalue weighted by Gasteiger charge is -2.38. The molecule has 0 amide bonds.